The first-order valence-corrected chi connectivity index (χ1v) is 7.51. The van der Waals surface area contributed by atoms with Crippen molar-refractivity contribution >= 4 is 28.7 Å². The fraction of sp³-hybridized carbons (Fsp3) is 0.267. The van der Waals surface area contributed by atoms with E-state index in [0.717, 1.165) is 10.9 Å². The van der Waals surface area contributed by atoms with Gasteiger partial charge in [-0.3, -0.25) is 9.69 Å². The molecule has 0 aliphatic rings. The molecule has 6 heteroatoms. The Morgan fingerprint density at radius 2 is 2.10 bits per heavy atom. The fourth-order valence-electron chi connectivity index (χ4n) is 2.09. The third-order valence-electron chi connectivity index (χ3n) is 3.03. The monoisotopic (exact) mass is 327 g/mol. The van der Waals surface area contributed by atoms with Gasteiger partial charge in [0.2, 0.25) is 0 Å². The molecule has 1 N–H and O–H groups in total. The molecule has 1 heterocycles. The van der Waals surface area contributed by atoms with Crippen molar-refractivity contribution in [1.29, 1.82) is 0 Å². The highest BCUT2D eigenvalue weighted by Crippen LogP contribution is 2.27. The molecule has 0 bridgehead atoms. The van der Waals surface area contributed by atoms with Crippen LogP contribution in [0.3, 0.4) is 0 Å². The molecule has 0 aliphatic heterocycles. The van der Waals surface area contributed by atoms with Gasteiger partial charge >= 0.3 is 0 Å². The summed E-state index contributed by atoms with van der Waals surface area (Å²) in [6.45, 7) is 2.26. The van der Waals surface area contributed by atoms with Crippen LogP contribution in [-0.4, -0.2) is 22.8 Å². The molecule has 2 rings (SSSR count). The highest BCUT2D eigenvalue weighted by atomic mass is 35.5. The van der Waals surface area contributed by atoms with E-state index in [1.165, 1.54) is 24.3 Å². The van der Waals surface area contributed by atoms with Gasteiger partial charge in [-0.25, -0.2) is 4.39 Å². The molecule has 0 fully saturated rings. The summed E-state index contributed by atoms with van der Waals surface area (Å²) < 4.78 is 14.3. The van der Waals surface area contributed by atoms with E-state index in [9.17, 15) is 14.3 Å². The minimum absolute atomic E-state index is 0.0116. The third-order valence-corrected chi connectivity index (χ3v) is 4.24. The number of Topliss-reactive ketones (excluding diaryl/α,β-unsaturated/α-hetero) is 1. The van der Waals surface area contributed by atoms with Crippen LogP contribution in [0.5, 0.6) is 5.75 Å². The summed E-state index contributed by atoms with van der Waals surface area (Å²) in [4.78, 5) is 14.4. The standard InChI is InChI=1S/C15H15ClFNO2S/c1-9(19)13-6-11(17)5-10(15(13)20)7-18(2)8-12-3-4-14(16)21-12/h3-6,20H,7-8H2,1-2H3. The molecule has 1 aromatic carbocycles. The molecule has 0 atom stereocenters. The van der Waals surface area contributed by atoms with Crippen LogP contribution in [0.1, 0.15) is 27.7 Å². The molecule has 0 saturated heterocycles. The molecule has 2 aromatic rings. The average molecular weight is 328 g/mol. The lowest BCUT2D eigenvalue weighted by Crippen LogP contribution is -2.17. The number of aromatic hydroxyl groups is 1. The zero-order chi connectivity index (χ0) is 15.6. The fourth-order valence-corrected chi connectivity index (χ4v) is 3.26. The summed E-state index contributed by atoms with van der Waals surface area (Å²) in [5.74, 6) is -1.04. The Morgan fingerprint density at radius 1 is 1.38 bits per heavy atom. The Bertz CT molecular complexity index is 672. The molecular formula is C15H15ClFNO2S. The first-order chi connectivity index (χ1) is 9.86. The molecule has 3 nitrogen and oxygen atoms in total. The highest BCUT2D eigenvalue weighted by Gasteiger charge is 2.15. The van der Waals surface area contributed by atoms with Gasteiger partial charge in [0, 0.05) is 23.5 Å². The Balaban J connectivity index is 2.17. The lowest BCUT2D eigenvalue weighted by atomic mass is 10.0. The van der Waals surface area contributed by atoms with Crippen LogP contribution in [0.25, 0.3) is 0 Å². The smallest absolute Gasteiger partial charge is 0.163 e. The Hall–Kier alpha value is -1.43. The van der Waals surface area contributed by atoms with Gasteiger partial charge in [-0.15, -0.1) is 11.3 Å². The number of carbonyl (C=O) groups excluding carboxylic acids is 1. The number of benzene rings is 1. The number of thiophene rings is 1. The van der Waals surface area contributed by atoms with Crippen LogP contribution in [-0.2, 0) is 13.1 Å². The Morgan fingerprint density at radius 3 is 2.67 bits per heavy atom. The predicted octanol–water partition coefficient (Wildman–Crippen LogP) is 4.08. The zero-order valence-corrected chi connectivity index (χ0v) is 13.3. The third kappa shape index (κ3) is 4.03. The van der Waals surface area contributed by atoms with Gasteiger partial charge in [-0.05, 0) is 38.2 Å². The van der Waals surface area contributed by atoms with Crippen LogP contribution < -0.4 is 0 Å². The summed E-state index contributed by atoms with van der Waals surface area (Å²) in [6, 6.07) is 6.05. The first kappa shape index (κ1) is 15.9. The summed E-state index contributed by atoms with van der Waals surface area (Å²) in [5, 5.41) is 10.1. The van der Waals surface area contributed by atoms with Gasteiger partial charge in [-0.2, -0.15) is 0 Å². The molecule has 21 heavy (non-hydrogen) atoms. The quantitative estimate of drug-likeness (QED) is 0.841. The minimum Gasteiger partial charge on any atom is -0.507 e. The van der Waals surface area contributed by atoms with E-state index in [-0.39, 0.29) is 17.1 Å². The summed E-state index contributed by atoms with van der Waals surface area (Å²) >= 11 is 7.35. The summed E-state index contributed by atoms with van der Waals surface area (Å²) in [5.41, 5.74) is 0.405. The summed E-state index contributed by atoms with van der Waals surface area (Å²) in [7, 11) is 1.85. The van der Waals surface area contributed by atoms with E-state index >= 15 is 0 Å². The second-order valence-electron chi connectivity index (χ2n) is 4.90. The number of phenols is 1. The summed E-state index contributed by atoms with van der Waals surface area (Å²) in [6.07, 6.45) is 0. The second kappa shape index (κ2) is 6.56. The van der Waals surface area contributed by atoms with Gasteiger partial charge in [0.1, 0.15) is 11.6 Å². The highest BCUT2D eigenvalue weighted by molar-refractivity contribution is 7.16. The molecule has 0 amide bonds. The van der Waals surface area contributed by atoms with Crippen molar-refractivity contribution in [2.24, 2.45) is 0 Å². The lowest BCUT2D eigenvalue weighted by molar-refractivity contribution is 0.101. The van der Waals surface area contributed by atoms with Gasteiger partial charge in [-0.1, -0.05) is 11.6 Å². The Labute approximate surface area is 131 Å². The van der Waals surface area contributed by atoms with Crippen molar-refractivity contribution in [3.63, 3.8) is 0 Å². The van der Waals surface area contributed by atoms with Gasteiger partial charge < -0.3 is 5.11 Å². The number of phenolic OH excluding ortho intramolecular Hbond substituents is 1. The second-order valence-corrected chi connectivity index (χ2v) is 6.70. The Kier molecular flexibility index (Phi) is 4.98. The number of hydrogen-bond acceptors (Lipinski definition) is 4. The molecule has 0 spiro atoms. The maximum absolute atomic E-state index is 13.6. The van der Waals surface area contributed by atoms with Crippen molar-refractivity contribution in [2.75, 3.05) is 7.05 Å². The van der Waals surface area contributed by atoms with Crippen LogP contribution in [0, 0.1) is 5.82 Å². The lowest BCUT2D eigenvalue weighted by Gasteiger charge is -2.17. The number of hydrogen-bond donors (Lipinski definition) is 1. The molecule has 0 radical (unpaired) electrons. The molecular weight excluding hydrogens is 313 g/mol. The van der Waals surface area contributed by atoms with E-state index in [1.807, 2.05) is 24.1 Å². The van der Waals surface area contributed by atoms with Crippen molar-refractivity contribution in [3.05, 3.63) is 50.4 Å². The van der Waals surface area contributed by atoms with E-state index < -0.39 is 5.82 Å². The van der Waals surface area contributed by atoms with Gasteiger partial charge in [0.25, 0.3) is 0 Å². The maximum Gasteiger partial charge on any atom is 0.163 e. The maximum atomic E-state index is 13.6. The van der Waals surface area contributed by atoms with E-state index in [1.54, 1.807) is 0 Å². The zero-order valence-electron chi connectivity index (χ0n) is 11.7. The van der Waals surface area contributed by atoms with E-state index in [2.05, 4.69) is 0 Å². The van der Waals surface area contributed by atoms with Crippen molar-refractivity contribution in [3.8, 4) is 5.75 Å². The number of carbonyl (C=O) groups is 1. The largest absolute Gasteiger partial charge is 0.507 e. The number of halogens is 2. The number of rotatable bonds is 5. The number of nitrogens with zero attached hydrogens (tertiary/aromatic N) is 1. The first-order valence-electron chi connectivity index (χ1n) is 6.32. The van der Waals surface area contributed by atoms with Crippen LogP contribution in [0.15, 0.2) is 24.3 Å². The van der Waals surface area contributed by atoms with Crippen molar-refractivity contribution in [2.45, 2.75) is 20.0 Å². The SMILES string of the molecule is CC(=O)c1cc(F)cc(CN(C)Cc2ccc(Cl)s2)c1O. The van der Waals surface area contributed by atoms with E-state index in [0.29, 0.717) is 23.0 Å². The van der Waals surface area contributed by atoms with Crippen LogP contribution >= 0.6 is 22.9 Å². The average Bonchev–Trinajstić information content (AvgIpc) is 2.78. The van der Waals surface area contributed by atoms with Crippen LogP contribution in [0.4, 0.5) is 4.39 Å². The van der Waals surface area contributed by atoms with Gasteiger partial charge in [0.15, 0.2) is 5.78 Å². The van der Waals surface area contributed by atoms with Gasteiger partial charge in [0.05, 0.1) is 9.90 Å². The predicted molar refractivity (Wildman–Crippen MR) is 82.6 cm³/mol. The molecule has 0 unspecified atom stereocenters. The molecule has 1 aromatic heterocycles. The number of ketones is 1. The van der Waals surface area contributed by atoms with Crippen molar-refractivity contribution in [1.82, 2.24) is 4.90 Å². The van der Waals surface area contributed by atoms with E-state index in [4.69, 9.17) is 11.6 Å². The minimum atomic E-state index is -0.527. The normalized spacial score (nSPS) is 11.1. The topological polar surface area (TPSA) is 40.5 Å². The van der Waals surface area contributed by atoms with Crippen molar-refractivity contribution < 1.29 is 14.3 Å². The molecule has 0 aliphatic carbocycles. The van der Waals surface area contributed by atoms with Crippen LogP contribution in [0.2, 0.25) is 4.34 Å². The molecule has 112 valence electrons. The molecule has 0 saturated carbocycles.